The van der Waals surface area contributed by atoms with Gasteiger partial charge < -0.3 is 10.6 Å². The summed E-state index contributed by atoms with van der Waals surface area (Å²) in [6.45, 7) is 0.0710. The zero-order chi connectivity index (χ0) is 14.8. The second kappa shape index (κ2) is 5.95. The Morgan fingerprint density at radius 1 is 1.20 bits per heavy atom. The quantitative estimate of drug-likeness (QED) is 0.920. The molecular formula is C14H18N2O2S2. The molecule has 0 radical (unpaired) electrons. The van der Waals surface area contributed by atoms with Gasteiger partial charge in [-0.1, -0.05) is 18.2 Å². The molecule has 1 unspecified atom stereocenters. The lowest BCUT2D eigenvalue weighted by molar-refractivity contribution is 0.584. The van der Waals surface area contributed by atoms with Crippen molar-refractivity contribution in [2.45, 2.75) is 9.46 Å². The molecule has 0 amide bonds. The van der Waals surface area contributed by atoms with Crippen LogP contribution in [0.2, 0.25) is 0 Å². The summed E-state index contributed by atoms with van der Waals surface area (Å²) in [5, 5.41) is 1.06. The number of nitrogens with two attached hydrogens (primary N) is 1. The van der Waals surface area contributed by atoms with Crippen molar-refractivity contribution in [3.05, 3.63) is 47.3 Å². The summed E-state index contributed by atoms with van der Waals surface area (Å²) in [6.07, 6.45) is 0. The van der Waals surface area contributed by atoms with Crippen molar-refractivity contribution in [1.29, 1.82) is 0 Å². The zero-order valence-corrected chi connectivity index (χ0v) is 13.1. The second-order valence-corrected chi connectivity index (χ2v) is 7.99. The smallest absolute Gasteiger partial charge is 0.195 e. The van der Waals surface area contributed by atoms with Gasteiger partial charge in [0.1, 0.15) is 9.46 Å². The third-order valence-electron chi connectivity index (χ3n) is 3.15. The molecule has 2 rings (SSSR count). The molecule has 0 aliphatic rings. The van der Waals surface area contributed by atoms with Crippen LogP contribution in [0.3, 0.4) is 0 Å². The van der Waals surface area contributed by atoms with Crippen LogP contribution in [0.15, 0.2) is 46.0 Å². The first kappa shape index (κ1) is 15.0. The van der Waals surface area contributed by atoms with E-state index in [1.54, 1.807) is 17.5 Å². The van der Waals surface area contributed by atoms with Crippen molar-refractivity contribution >= 4 is 26.9 Å². The summed E-state index contributed by atoms with van der Waals surface area (Å²) in [5.74, 6) is 0. The predicted molar refractivity (Wildman–Crippen MR) is 84.1 cm³/mol. The molecule has 1 heterocycles. The van der Waals surface area contributed by atoms with Gasteiger partial charge in [0.2, 0.25) is 0 Å². The van der Waals surface area contributed by atoms with Gasteiger partial charge in [0, 0.05) is 26.3 Å². The Balaban J connectivity index is 2.38. The van der Waals surface area contributed by atoms with E-state index in [1.165, 1.54) is 11.3 Å². The Morgan fingerprint density at radius 2 is 1.85 bits per heavy atom. The topological polar surface area (TPSA) is 63.4 Å². The highest BCUT2D eigenvalue weighted by atomic mass is 32.2. The summed E-state index contributed by atoms with van der Waals surface area (Å²) in [5.41, 5.74) is 7.46. The fourth-order valence-electron chi connectivity index (χ4n) is 1.99. The van der Waals surface area contributed by atoms with Crippen LogP contribution in [-0.4, -0.2) is 29.1 Å². The molecule has 0 aliphatic heterocycles. The minimum atomic E-state index is -3.41. The first-order valence-electron chi connectivity index (χ1n) is 6.21. The maximum Gasteiger partial charge on any atom is 0.195 e. The number of nitrogens with zero attached hydrogens (tertiary/aromatic N) is 1. The van der Waals surface area contributed by atoms with Crippen LogP contribution in [0.5, 0.6) is 0 Å². The lowest BCUT2D eigenvalue weighted by atomic mass is 10.1. The molecule has 0 fully saturated rings. The van der Waals surface area contributed by atoms with Crippen molar-refractivity contribution in [3.8, 4) is 0 Å². The Kier molecular flexibility index (Phi) is 4.47. The number of sulfone groups is 1. The minimum Gasteiger partial charge on any atom is -0.378 e. The third-order valence-corrected chi connectivity index (χ3v) is 6.70. The molecule has 2 N–H and O–H groups in total. The molecule has 4 nitrogen and oxygen atoms in total. The van der Waals surface area contributed by atoms with E-state index in [9.17, 15) is 8.42 Å². The number of thiophene rings is 1. The van der Waals surface area contributed by atoms with Crippen molar-refractivity contribution < 1.29 is 8.42 Å². The zero-order valence-electron chi connectivity index (χ0n) is 11.5. The molecule has 0 aliphatic carbocycles. The van der Waals surface area contributed by atoms with Crippen LogP contribution in [0.1, 0.15) is 10.8 Å². The lowest BCUT2D eigenvalue weighted by Crippen LogP contribution is -2.21. The maximum absolute atomic E-state index is 12.6. The molecule has 0 spiro atoms. The first-order valence-corrected chi connectivity index (χ1v) is 8.64. The molecule has 1 aromatic heterocycles. The van der Waals surface area contributed by atoms with E-state index in [0.29, 0.717) is 4.21 Å². The largest absolute Gasteiger partial charge is 0.378 e. The average molecular weight is 310 g/mol. The van der Waals surface area contributed by atoms with Gasteiger partial charge in [-0.15, -0.1) is 11.3 Å². The first-order chi connectivity index (χ1) is 9.46. The maximum atomic E-state index is 12.6. The van der Waals surface area contributed by atoms with Crippen LogP contribution in [0, 0.1) is 0 Å². The van der Waals surface area contributed by atoms with Gasteiger partial charge >= 0.3 is 0 Å². The van der Waals surface area contributed by atoms with E-state index >= 15 is 0 Å². The van der Waals surface area contributed by atoms with Gasteiger partial charge in [0.05, 0.1) is 0 Å². The van der Waals surface area contributed by atoms with E-state index < -0.39 is 15.1 Å². The van der Waals surface area contributed by atoms with E-state index in [1.807, 2.05) is 43.3 Å². The fraction of sp³-hybridized carbons (Fsp3) is 0.286. The predicted octanol–water partition coefficient (Wildman–Crippen LogP) is 2.29. The van der Waals surface area contributed by atoms with Crippen molar-refractivity contribution in [3.63, 3.8) is 0 Å². The van der Waals surface area contributed by atoms with Crippen molar-refractivity contribution in [1.82, 2.24) is 0 Å². The second-order valence-electron chi connectivity index (χ2n) is 4.69. The van der Waals surface area contributed by atoms with E-state index in [2.05, 4.69) is 0 Å². The summed E-state index contributed by atoms with van der Waals surface area (Å²) in [6, 6.07) is 10.8. The Hall–Kier alpha value is -1.37. The average Bonchev–Trinajstić information content (AvgIpc) is 2.94. The van der Waals surface area contributed by atoms with E-state index in [4.69, 9.17) is 5.73 Å². The standard InChI is InChI=1S/C14H18N2O2S2/c1-16(2)12-7-5-11(6-8-12)13(10-15)20(17,18)14-4-3-9-19-14/h3-9,13H,10,15H2,1-2H3. The number of hydrogen-bond donors (Lipinski definition) is 1. The van der Waals surface area contributed by atoms with Crippen LogP contribution >= 0.6 is 11.3 Å². The Labute approximate surface area is 123 Å². The van der Waals surface area contributed by atoms with Crippen LogP contribution in [0.25, 0.3) is 0 Å². The summed E-state index contributed by atoms with van der Waals surface area (Å²) in [7, 11) is 0.471. The highest BCUT2D eigenvalue weighted by Crippen LogP contribution is 2.31. The van der Waals surface area contributed by atoms with Crippen molar-refractivity contribution in [2.75, 3.05) is 25.5 Å². The minimum absolute atomic E-state index is 0.0710. The SMILES string of the molecule is CN(C)c1ccc(C(CN)S(=O)(=O)c2cccs2)cc1. The molecule has 108 valence electrons. The molecule has 2 aromatic rings. The number of hydrogen-bond acceptors (Lipinski definition) is 5. The van der Waals surface area contributed by atoms with Crippen molar-refractivity contribution in [2.24, 2.45) is 5.73 Å². The Bertz CT molecular complexity index is 647. The summed E-state index contributed by atoms with van der Waals surface area (Å²) < 4.78 is 25.5. The third kappa shape index (κ3) is 2.87. The van der Waals surface area contributed by atoms with Gasteiger partial charge in [0.15, 0.2) is 9.84 Å². The van der Waals surface area contributed by atoms with Gasteiger partial charge in [-0.3, -0.25) is 0 Å². The molecule has 20 heavy (non-hydrogen) atoms. The molecule has 0 bridgehead atoms. The van der Waals surface area contributed by atoms with Gasteiger partial charge in [-0.05, 0) is 29.1 Å². The summed E-state index contributed by atoms with van der Waals surface area (Å²) >= 11 is 1.22. The monoisotopic (exact) mass is 310 g/mol. The van der Waals surface area contributed by atoms with E-state index in [-0.39, 0.29) is 6.54 Å². The van der Waals surface area contributed by atoms with Crippen LogP contribution in [-0.2, 0) is 9.84 Å². The normalized spacial score (nSPS) is 13.2. The number of benzene rings is 1. The fourth-order valence-corrected chi connectivity index (χ4v) is 4.81. The highest BCUT2D eigenvalue weighted by Gasteiger charge is 2.28. The lowest BCUT2D eigenvalue weighted by Gasteiger charge is -2.17. The molecule has 6 heteroatoms. The van der Waals surface area contributed by atoms with E-state index in [0.717, 1.165) is 11.3 Å². The van der Waals surface area contributed by atoms with Gasteiger partial charge in [-0.2, -0.15) is 0 Å². The summed E-state index contributed by atoms with van der Waals surface area (Å²) in [4.78, 5) is 1.97. The number of anilines is 1. The van der Waals surface area contributed by atoms with Crippen LogP contribution < -0.4 is 10.6 Å². The molecule has 0 saturated carbocycles. The van der Waals surface area contributed by atoms with Crippen LogP contribution in [0.4, 0.5) is 5.69 Å². The number of rotatable bonds is 5. The molecular weight excluding hydrogens is 292 g/mol. The molecule has 1 atom stereocenters. The Morgan fingerprint density at radius 3 is 2.30 bits per heavy atom. The highest BCUT2D eigenvalue weighted by molar-refractivity contribution is 7.93. The molecule has 0 saturated heterocycles. The molecule has 1 aromatic carbocycles. The van der Waals surface area contributed by atoms with Gasteiger partial charge in [-0.25, -0.2) is 8.42 Å². The van der Waals surface area contributed by atoms with Gasteiger partial charge in [0.25, 0.3) is 0 Å².